The largest absolute Gasteiger partial charge is 0.337 e. The number of nitrogens with one attached hydrogen (secondary N) is 2. The van der Waals surface area contributed by atoms with Crippen LogP contribution in [0.2, 0.25) is 0 Å². The van der Waals surface area contributed by atoms with Crippen molar-refractivity contribution >= 4 is 6.03 Å². The van der Waals surface area contributed by atoms with Crippen molar-refractivity contribution in [1.29, 1.82) is 0 Å². The fourth-order valence-corrected chi connectivity index (χ4v) is 3.93. The van der Waals surface area contributed by atoms with Gasteiger partial charge in [0.25, 0.3) is 0 Å². The number of pyridine rings is 1. The van der Waals surface area contributed by atoms with Crippen molar-refractivity contribution < 1.29 is 4.79 Å². The summed E-state index contributed by atoms with van der Waals surface area (Å²) in [6.45, 7) is 3.05. The third kappa shape index (κ3) is 5.24. The molecule has 0 bridgehead atoms. The van der Waals surface area contributed by atoms with Crippen molar-refractivity contribution in [3.63, 3.8) is 0 Å². The van der Waals surface area contributed by atoms with E-state index in [0.29, 0.717) is 19.1 Å². The minimum atomic E-state index is -0.157. The molecule has 4 rings (SSSR count). The van der Waals surface area contributed by atoms with Crippen molar-refractivity contribution in [2.45, 2.75) is 38.4 Å². The second kappa shape index (κ2) is 10.0. The van der Waals surface area contributed by atoms with Crippen LogP contribution in [0, 0.1) is 0 Å². The quantitative estimate of drug-likeness (QED) is 0.634. The summed E-state index contributed by atoms with van der Waals surface area (Å²) in [4.78, 5) is 19.3. The Labute approximate surface area is 177 Å². The molecule has 156 valence electrons. The Morgan fingerprint density at radius 2 is 1.93 bits per heavy atom. The van der Waals surface area contributed by atoms with Gasteiger partial charge in [-0.05, 0) is 37.1 Å². The van der Waals surface area contributed by atoms with E-state index in [-0.39, 0.29) is 6.03 Å². The lowest BCUT2D eigenvalue weighted by Crippen LogP contribution is -2.48. The van der Waals surface area contributed by atoms with Gasteiger partial charge < -0.3 is 10.6 Å². The number of benzene rings is 1. The van der Waals surface area contributed by atoms with Gasteiger partial charge in [-0.25, -0.2) is 14.5 Å². The number of aromatic nitrogens is 3. The summed E-state index contributed by atoms with van der Waals surface area (Å²) in [7, 11) is 0. The number of rotatable bonds is 7. The van der Waals surface area contributed by atoms with Gasteiger partial charge >= 0.3 is 6.03 Å². The molecule has 0 radical (unpaired) electrons. The summed E-state index contributed by atoms with van der Waals surface area (Å²) >= 11 is 0. The van der Waals surface area contributed by atoms with Crippen LogP contribution in [0.15, 0.2) is 67.1 Å². The molecule has 1 fully saturated rings. The predicted octanol–water partition coefficient (Wildman–Crippen LogP) is 3.12. The smallest absolute Gasteiger partial charge is 0.315 e. The molecule has 0 saturated carbocycles. The van der Waals surface area contributed by atoms with E-state index in [1.54, 1.807) is 17.1 Å². The fourth-order valence-electron chi connectivity index (χ4n) is 3.93. The van der Waals surface area contributed by atoms with E-state index in [9.17, 15) is 4.79 Å². The molecule has 2 amide bonds. The lowest BCUT2D eigenvalue weighted by Gasteiger charge is -2.35. The molecular formula is C23H28N6O. The van der Waals surface area contributed by atoms with Crippen LogP contribution in [-0.4, -0.2) is 44.8 Å². The van der Waals surface area contributed by atoms with Crippen LogP contribution in [0.3, 0.4) is 0 Å². The third-order valence-electron chi connectivity index (χ3n) is 5.50. The lowest BCUT2D eigenvalue weighted by atomic mass is 10.0. The Morgan fingerprint density at radius 1 is 1.03 bits per heavy atom. The first-order valence-corrected chi connectivity index (χ1v) is 10.5. The standard InChI is InChI=1S/C23H28N6O/c30-23(25-16-20-10-6-12-24-22(20)29-15-7-13-27-29)26-17-21-11-4-5-14-28(21)18-19-8-2-1-3-9-19/h1-3,6-10,12-13,15,21H,4-5,11,14,16-18H2,(H2,25,26,30). The number of hydrogen-bond acceptors (Lipinski definition) is 4. The number of carbonyl (C=O) groups is 1. The maximum absolute atomic E-state index is 12.4. The predicted molar refractivity (Wildman–Crippen MR) is 116 cm³/mol. The second-order valence-corrected chi connectivity index (χ2v) is 7.61. The van der Waals surface area contributed by atoms with Gasteiger partial charge in [-0.15, -0.1) is 0 Å². The maximum Gasteiger partial charge on any atom is 0.315 e. The molecule has 1 aliphatic heterocycles. The van der Waals surface area contributed by atoms with E-state index in [2.05, 4.69) is 49.9 Å². The highest BCUT2D eigenvalue weighted by molar-refractivity contribution is 5.73. The van der Waals surface area contributed by atoms with Gasteiger partial charge in [-0.2, -0.15) is 5.10 Å². The summed E-state index contributed by atoms with van der Waals surface area (Å²) < 4.78 is 1.71. The van der Waals surface area contributed by atoms with Crippen molar-refractivity contribution in [2.75, 3.05) is 13.1 Å². The molecule has 7 heteroatoms. The molecule has 1 saturated heterocycles. The Balaban J connectivity index is 1.29. The second-order valence-electron chi connectivity index (χ2n) is 7.61. The highest BCUT2D eigenvalue weighted by Crippen LogP contribution is 2.19. The minimum absolute atomic E-state index is 0.157. The summed E-state index contributed by atoms with van der Waals surface area (Å²) in [5.74, 6) is 0.726. The van der Waals surface area contributed by atoms with Crippen LogP contribution in [0.4, 0.5) is 4.79 Å². The molecule has 1 unspecified atom stereocenters. The molecule has 1 aliphatic rings. The number of urea groups is 1. The molecule has 30 heavy (non-hydrogen) atoms. The van der Waals surface area contributed by atoms with Gasteiger partial charge in [-0.3, -0.25) is 4.90 Å². The number of amides is 2. The van der Waals surface area contributed by atoms with Crippen LogP contribution < -0.4 is 10.6 Å². The highest BCUT2D eigenvalue weighted by atomic mass is 16.2. The van der Waals surface area contributed by atoms with E-state index in [4.69, 9.17) is 0 Å². The Bertz CT molecular complexity index is 928. The van der Waals surface area contributed by atoms with Crippen LogP contribution >= 0.6 is 0 Å². The number of likely N-dealkylation sites (tertiary alicyclic amines) is 1. The van der Waals surface area contributed by atoms with Gasteiger partial charge in [0.05, 0.1) is 0 Å². The van der Waals surface area contributed by atoms with Crippen molar-refractivity contribution in [1.82, 2.24) is 30.3 Å². The summed E-state index contributed by atoms with van der Waals surface area (Å²) in [5, 5.41) is 10.2. The van der Waals surface area contributed by atoms with Crippen LogP contribution in [0.1, 0.15) is 30.4 Å². The van der Waals surface area contributed by atoms with Crippen LogP contribution in [-0.2, 0) is 13.1 Å². The zero-order valence-corrected chi connectivity index (χ0v) is 17.1. The van der Waals surface area contributed by atoms with Gasteiger partial charge in [0.1, 0.15) is 0 Å². The van der Waals surface area contributed by atoms with Crippen LogP contribution in [0.5, 0.6) is 0 Å². The number of nitrogens with zero attached hydrogens (tertiary/aromatic N) is 4. The van der Waals surface area contributed by atoms with Crippen LogP contribution in [0.25, 0.3) is 5.82 Å². The molecule has 3 aromatic rings. The first kappa shape index (κ1) is 20.1. The highest BCUT2D eigenvalue weighted by Gasteiger charge is 2.22. The Morgan fingerprint density at radius 3 is 2.77 bits per heavy atom. The molecule has 2 aromatic heterocycles. The molecule has 1 aromatic carbocycles. The average molecular weight is 405 g/mol. The SMILES string of the molecule is O=C(NCc1cccnc1-n1cccn1)NCC1CCCCN1Cc1ccccc1. The first-order chi connectivity index (χ1) is 14.8. The molecule has 2 N–H and O–H groups in total. The first-order valence-electron chi connectivity index (χ1n) is 10.5. The summed E-state index contributed by atoms with van der Waals surface area (Å²) in [6, 6.07) is 16.4. The minimum Gasteiger partial charge on any atom is -0.337 e. The van der Waals surface area contributed by atoms with Crippen molar-refractivity contribution in [3.8, 4) is 5.82 Å². The molecule has 0 aliphatic carbocycles. The molecular weight excluding hydrogens is 376 g/mol. The van der Waals surface area contributed by atoms with E-state index >= 15 is 0 Å². The summed E-state index contributed by atoms with van der Waals surface area (Å²) in [5.41, 5.74) is 2.23. The zero-order valence-electron chi connectivity index (χ0n) is 17.1. The molecule has 7 nitrogen and oxygen atoms in total. The molecule has 3 heterocycles. The topological polar surface area (TPSA) is 75.1 Å². The third-order valence-corrected chi connectivity index (χ3v) is 5.50. The number of hydrogen-bond donors (Lipinski definition) is 2. The van der Waals surface area contributed by atoms with E-state index < -0.39 is 0 Å². The van der Waals surface area contributed by atoms with Gasteiger partial charge in [0, 0.05) is 49.8 Å². The van der Waals surface area contributed by atoms with Gasteiger partial charge in [0.15, 0.2) is 5.82 Å². The number of piperidine rings is 1. The lowest BCUT2D eigenvalue weighted by molar-refractivity contribution is 0.138. The Hall–Kier alpha value is -3.19. The van der Waals surface area contributed by atoms with E-state index in [1.807, 2.05) is 30.5 Å². The normalized spacial score (nSPS) is 16.9. The molecule has 1 atom stereocenters. The van der Waals surface area contributed by atoms with Crippen molar-refractivity contribution in [3.05, 3.63) is 78.2 Å². The van der Waals surface area contributed by atoms with Gasteiger partial charge in [-0.1, -0.05) is 42.8 Å². The van der Waals surface area contributed by atoms with E-state index in [0.717, 1.165) is 30.9 Å². The molecule has 0 spiro atoms. The van der Waals surface area contributed by atoms with E-state index in [1.165, 1.54) is 18.4 Å². The number of carbonyl (C=O) groups excluding carboxylic acids is 1. The average Bonchev–Trinajstić information content (AvgIpc) is 3.33. The zero-order chi connectivity index (χ0) is 20.6. The maximum atomic E-state index is 12.4. The monoisotopic (exact) mass is 404 g/mol. The van der Waals surface area contributed by atoms with Crippen molar-refractivity contribution in [2.24, 2.45) is 0 Å². The van der Waals surface area contributed by atoms with Gasteiger partial charge in [0.2, 0.25) is 0 Å². The Kier molecular flexibility index (Phi) is 6.72. The summed E-state index contributed by atoms with van der Waals surface area (Å²) in [6.07, 6.45) is 8.82. The fraction of sp³-hybridized carbons (Fsp3) is 0.348.